The van der Waals surface area contributed by atoms with Crippen molar-refractivity contribution in [3.63, 3.8) is 0 Å². The summed E-state index contributed by atoms with van der Waals surface area (Å²) < 4.78 is 11.2. The topological polar surface area (TPSA) is 134 Å². The molecule has 4 N–H and O–H groups in total. The highest BCUT2D eigenvalue weighted by Crippen LogP contribution is 2.44. The van der Waals surface area contributed by atoms with Crippen molar-refractivity contribution in [2.75, 3.05) is 25.6 Å². The number of ether oxygens (including phenoxy) is 2. The number of aromatic nitrogens is 4. The molecule has 2 aliphatic rings. The maximum Gasteiger partial charge on any atom is 0.312 e. The van der Waals surface area contributed by atoms with Crippen LogP contribution in [0, 0.1) is 0 Å². The highest BCUT2D eigenvalue weighted by Gasteiger charge is 2.33. The number of methoxy groups -OCH3 is 1. The summed E-state index contributed by atoms with van der Waals surface area (Å²) in [6.45, 7) is 0.673. The van der Waals surface area contributed by atoms with Gasteiger partial charge in [-0.15, -0.1) is 0 Å². The summed E-state index contributed by atoms with van der Waals surface area (Å²) in [4.78, 5) is 40.8. The zero-order chi connectivity index (χ0) is 24.8. The Bertz CT molecular complexity index is 1610. The summed E-state index contributed by atoms with van der Waals surface area (Å²) in [6, 6.07) is 7.12. The summed E-state index contributed by atoms with van der Waals surface area (Å²) in [5.74, 6) is 0.190. The van der Waals surface area contributed by atoms with Gasteiger partial charge in [0.15, 0.2) is 11.4 Å². The molecule has 4 aromatic rings. The molecule has 1 atom stereocenters. The third kappa shape index (κ3) is 3.57. The fourth-order valence-electron chi connectivity index (χ4n) is 4.67. The second-order valence-electron chi connectivity index (χ2n) is 8.46. The number of benzene rings is 1. The van der Waals surface area contributed by atoms with Crippen LogP contribution in [0.1, 0.15) is 28.4 Å². The van der Waals surface area contributed by atoms with E-state index in [4.69, 9.17) is 21.1 Å². The van der Waals surface area contributed by atoms with Crippen molar-refractivity contribution in [2.24, 2.45) is 0 Å². The molecule has 3 aromatic heterocycles. The normalized spacial score (nSPS) is 17.4. The number of para-hydroxylation sites is 1. The Morgan fingerprint density at radius 3 is 2.94 bits per heavy atom. The smallest absolute Gasteiger partial charge is 0.312 e. The zero-order valence-electron chi connectivity index (χ0n) is 19.1. The molecule has 0 unspecified atom stereocenters. The second kappa shape index (κ2) is 8.72. The Hall–Kier alpha value is -4.31. The lowest BCUT2D eigenvalue weighted by Crippen LogP contribution is -2.34. The number of halogens is 1. The Kier molecular flexibility index (Phi) is 5.37. The lowest BCUT2D eigenvalue weighted by molar-refractivity contribution is 0.0941. The number of H-pyrrole nitrogens is 2. The number of hydrogen-bond donors (Lipinski definition) is 4. The molecular weight excluding hydrogens is 484 g/mol. The molecule has 10 nitrogen and oxygen atoms in total. The van der Waals surface area contributed by atoms with Crippen LogP contribution < -0.4 is 25.7 Å². The van der Waals surface area contributed by atoms with E-state index in [0.29, 0.717) is 63.1 Å². The van der Waals surface area contributed by atoms with E-state index in [2.05, 4.69) is 30.6 Å². The molecule has 0 spiro atoms. The predicted octanol–water partition coefficient (Wildman–Crippen LogP) is 3.88. The summed E-state index contributed by atoms with van der Waals surface area (Å²) in [7, 11) is 1.53. The number of anilines is 2. The van der Waals surface area contributed by atoms with E-state index in [-0.39, 0.29) is 24.3 Å². The van der Waals surface area contributed by atoms with Crippen molar-refractivity contribution in [1.82, 2.24) is 25.3 Å². The van der Waals surface area contributed by atoms with E-state index in [1.165, 1.54) is 7.11 Å². The zero-order valence-corrected chi connectivity index (χ0v) is 19.9. The van der Waals surface area contributed by atoms with Gasteiger partial charge in [-0.25, -0.2) is 9.97 Å². The van der Waals surface area contributed by atoms with Crippen molar-refractivity contribution in [2.45, 2.75) is 12.3 Å². The Balaban J connectivity index is 1.66. The fourth-order valence-corrected chi connectivity index (χ4v) is 4.92. The minimum Gasteiger partial charge on any atom is -0.493 e. The van der Waals surface area contributed by atoms with Crippen LogP contribution >= 0.6 is 11.6 Å². The molecule has 36 heavy (non-hydrogen) atoms. The van der Waals surface area contributed by atoms with Crippen LogP contribution in [-0.2, 0) is 0 Å². The Morgan fingerprint density at radius 1 is 1.19 bits per heavy atom. The number of carbonyl (C=O) groups excluding carboxylic acids is 1. The van der Waals surface area contributed by atoms with Gasteiger partial charge in [0.2, 0.25) is 0 Å². The van der Waals surface area contributed by atoms with Gasteiger partial charge in [-0.3, -0.25) is 9.59 Å². The number of aromatic amines is 2. The summed E-state index contributed by atoms with van der Waals surface area (Å²) >= 11 is 6.37. The number of nitrogens with zero attached hydrogens (tertiary/aromatic N) is 2. The number of rotatable bonds is 3. The minimum atomic E-state index is -0.469. The van der Waals surface area contributed by atoms with Gasteiger partial charge in [0.25, 0.3) is 11.8 Å². The minimum absolute atomic E-state index is 0.000270. The molecule has 182 valence electrons. The van der Waals surface area contributed by atoms with E-state index >= 15 is 0 Å². The Labute approximate surface area is 209 Å². The van der Waals surface area contributed by atoms with Gasteiger partial charge >= 0.3 is 5.56 Å². The molecule has 0 radical (unpaired) electrons. The van der Waals surface area contributed by atoms with Gasteiger partial charge in [0, 0.05) is 29.9 Å². The summed E-state index contributed by atoms with van der Waals surface area (Å²) in [5, 5.41) is 6.82. The van der Waals surface area contributed by atoms with Crippen LogP contribution in [0.15, 0.2) is 47.4 Å². The van der Waals surface area contributed by atoms with E-state index in [0.717, 1.165) is 5.69 Å². The lowest BCUT2D eigenvalue weighted by atomic mass is 9.93. The molecule has 4 bridgehead atoms. The van der Waals surface area contributed by atoms with Gasteiger partial charge in [-0.2, -0.15) is 0 Å². The maximum atomic E-state index is 13.2. The average Bonchev–Trinajstić information content (AvgIpc) is 3.25. The molecule has 0 fully saturated rings. The number of fused-ring (bicyclic) bond motifs is 3. The molecule has 0 saturated carbocycles. The van der Waals surface area contributed by atoms with Crippen LogP contribution in [0.2, 0.25) is 5.02 Å². The maximum absolute atomic E-state index is 13.2. The summed E-state index contributed by atoms with van der Waals surface area (Å²) in [5.41, 5.74) is 3.94. The first-order chi connectivity index (χ1) is 17.5. The number of carbonyl (C=O) groups is 1. The number of hydrogen-bond acceptors (Lipinski definition) is 7. The molecule has 0 saturated heterocycles. The Morgan fingerprint density at radius 2 is 2.08 bits per heavy atom. The predicted molar refractivity (Wildman–Crippen MR) is 136 cm³/mol. The number of amides is 1. The number of allylic oxidation sites excluding steroid dienone is 1. The molecule has 5 heterocycles. The van der Waals surface area contributed by atoms with Crippen LogP contribution in [0.5, 0.6) is 11.6 Å². The van der Waals surface area contributed by atoms with Crippen molar-refractivity contribution in [1.29, 1.82) is 0 Å². The lowest BCUT2D eigenvalue weighted by Gasteiger charge is -2.23. The van der Waals surface area contributed by atoms with Crippen LogP contribution in [0.25, 0.3) is 22.4 Å². The van der Waals surface area contributed by atoms with Crippen molar-refractivity contribution in [3.8, 4) is 22.9 Å². The van der Waals surface area contributed by atoms with E-state index < -0.39 is 5.56 Å². The van der Waals surface area contributed by atoms with E-state index in [1.807, 2.05) is 18.2 Å². The molecule has 2 aliphatic heterocycles. The molecule has 1 aromatic carbocycles. The van der Waals surface area contributed by atoms with Gasteiger partial charge < -0.3 is 30.1 Å². The second-order valence-corrected chi connectivity index (χ2v) is 8.87. The standard InChI is InChI=1S/C25H21ClN6O4/c1-35-21-14(26)6-4-7-15(21)29-20-16-17-12(11-28-23(16)33)5-2-3-10-36-25-24(34)32-22-19(31-25)13(8-9-27-22)18(20)30-17/h2-4,6-9,12,29-30H,5,10-11H2,1H3,(H,28,33)(H,27,32,34)/b3-2-/t12-/m0/s1. The van der Waals surface area contributed by atoms with Crippen molar-refractivity contribution >= 4 is 40.0 Å². The quantitative estimate of drug-likeness (QED) is 0.311. The highest BCUT2D eigenvalue weighted by molar-refractivity contribution is 6.32. The van der Waals surface area contributed by atoms with Gasteiger partial charge in [0.1, 0.15) is 12.1 Å². The third-order valence-corrected chi connectivity index (χ3v) is 6.64. The van der Waals surface area contributed by atoms with Crippen molar-refractivity contribution in [3.05, 3.63) is 69.2 Å². The monoisotopic (exact) mass is 504 g/mol. The van der Waals surface area contributed by atoms with Gasteiger partial charge in [-0.05, 0) is 24.6 Å². The largest absolute Gasteiger partial charge is 0.493 e. The SMILES string of the molecule is COc1c(Cl)cccc1Nc1c2[nH]c3c1C(=O)NC[C@@H]3C/C=C\COc1nc3c-2ccnc3[nH]c1=O. The van der Waals surface area contributed by atoms with Gasteiger partial charge in [-0.1, -0.05) is 29.8 Å². The first-order valence-corrected chi connectivity index (χ1v) is 11.7. The summed E-state index contributed by atoms with van der Waals surface area (Å²) in [6.07, 6.45) is 6.04. The van der Waals surface area contributed by atoms with Crippen LogP contribution in [-0.4, -0.2) is 46.1 Å². The fraction of sp³-hybridized carbons (Fsp3) is 0.200. The molecule has 1 amide bonds. The molecule has 0 aliphatic carbocycles. The van der Waals surface area contributed by atoms with Crippen LogP contribution in [0.4, 0.5) is 11.4 Å². The third-order valence-electron chi connectivity index (χ3n) is 6.34. The number of pyridine rings is 1. The van der Waals surface area contributed by atoms with Crippen LogP contribution in [0.3, 0.4) is 0 Å². The van der Waals surface area contributed by atoms with Gasteiger partial charge in [0.05, 0.1) is 34.8 Å². The van der Waals surface area contributed by atoms with Crippen molar-refractivity contribution < 1.29 is 14.3 Å². The first kappa shape index (κ1) is 22.2. The molecule has 6 rings (SSSR count). The highest BCUT2D eigenvalue weighted by atomic mass is 35.5. The van der Waals surface area contributed by atoms with E-state index in [9.17, 15) is 9.59 Å². The molecular formula is C25H21ClN6O4. The average molecular weight is 505 g/mol. The first-order valence-electron chi connectivity index (χ1n) is 11.4. The number of nitrogens with one attached hydrogen (secondary N) is 4. The molecule has 11 heteroatoms. The van der Waals surface area contributed by atoms with E-state index in [1.54, 1.807) is 24.4 Å².